The Labute approximate surface area is 85.8 Å². The van der Waals surface area contributed by atoms with Crippen LogP contribution >= 0.6 is 0 Å². The van der Waals surface area contributed by atoms with Crippen LogP contribution in [0.3, 0.4) is 0 Å². The molecule has 0 saturated heterocycles. The maximum absolute atomic E-state index is 5.94. The van der Waals surface area contributed by atoms with Crippen molar-refractivity contribution in [1.82, 2.24) is 9.97 Å². The molecule has 0 fully saturated rings. The summed E-state index contributed by atoms with van der Waals surface area (Å²) in [5.74, 6) is 1.58. The van der Waals surface area contributed by atoms with Gasteiger partial charge in [-0.05, 0) is 25.8 Å². The van der Waals surface area contributed by atoms with E-state index in [0.29, 0.717) is 5.92 Å². The highest BCUT2D eigenvalue weighted by Crippen LogP contribution is 2.23. The molecule has 3 heteroatoms. The Morgan fingerprint density at radius 2 is 1.93 bits per heavy atom. The molecule has 14 heavy (non-hydrogen) atoms. The molecule has 78 valence electrons. The highest BCUT2D eigenvalue weighted by Gasteiger charge is 2.22. The number of nitrogens with two attached hydrogens (primary N) is 1. The number of rotatable bonds is 3. The van der Waals surface area contributed by atoms with Gasteiger partial charge in [0.05, 0.1) is 0 Å². The summed E-state index contributed by atoms with van der Waals surface area (Å²) in [6.07, 6.45) is 1.80. The summed E-state index contributed by atoms with van der Waals surface area (Å²) in [7, 11) is 0. The van der Waals surface area contributed by atoms with E-state index in [9.17, 15) is 0 Å². The highest BCUT2D eigenvalue weighted by atomic mass is 14.9. The lowest BCUT2D eigenvalue weighted by atomic mass is 9.89. The van der Waals surface area contributed by atoms with Crippen molar-refractivity contribution in [3.05, 3.63) is 23.8 Å². The molecule has 1 rings (SSSR count). The highest BCUT2D eigenvalue weighted by molar-refractivity contribution is 5.06. The van der Waals surface area contributed by atoms with E-state index >= 15 is 0 Å². The second kappa shape index (κ2) is 4.51. The molecule has 0 bridgehead atoms. The smallest absolute Gasteiger partial charge is 0.133 e. The van der Waals surface area contributed by atoms with Gasteiger partial charge in [-0.2, -0.15) is 0 Å². The van der Waals surface area contributed by atoms with Crippen LogP contribution in [-0.4, -0.2) is 16.0 Å². The van der Waals surface area contributed by atoms with Gasteiger partial charge >= 0.3 is 0 Å². The van der Waals surface area contributed by atoms with Crippen molar-refractivity contribution in [2.75, 3.05) is 0 Å². The van der Waals surface area contributed by atoms with Gasteiger partial charge in [-0.3, -0.25) is 0 Å². The predicted octanol–water partition coefficient (Wildman–Crippen LogP) is 1.87. The molecule has 0 aliphatic rings. The quantitative estimate of drug-likeness (QED) is 0.797. The molecule has 0 saturated carbocycles. The van der Waals surface area contributed by atoms with E-state index in [1.54, 1.807) is 6.20 Å². The first-order chi connectivity index (χ1) is 6.52. The average Bonchev–Trinajstić information content (AvgIpc) is 2.02. The van der Waals surface area contributed by atoms with E-state index < -0.39 is 0 Å². The Kier molecular flexibility index (Phi) is 3.58. The Morgan fingerprint density at radius 1 is 1.29 bits per heavy atom. The van der Waals surface area contributed by atoms with Crippen molar-refractivity contribution in [1.29, 1.82) is 0 Å². The first kappa shape index (κ1) is 11.1. The Hall–Kier alpha value is -0.960. The van der Waals surface area contributed by atoms with Crippen molar-refractivity contribution in [3.63, 3.8) is 0 Å². The van der Waals surface area contributed by atoms with E-state index in [1.165, 1.54) is 0 Å². The fourth-order valence-electron chi connectivity index (χ4n) is 1.77. The zero-order valence-electron chi connectivity index (χ0n) is 9.36. The van der Waals surface area contributed by atoms with Crippen LogP contribution in [0.1, 0.15) is 38.2 Å². The monoisotopic (exact) mass is 193 g/mol. The molecule has 1 aromatic heterocycles. The van der Waals surface area contributed by atoms with Crippen molar-refractivity contribution < 1.29 is 0 Å². The maximum atomic E-state index is 5.94. The van der Waals surface area contributed by atoms with Gasteiger partial charge in [0, 0.05) is 23.9 Å². The third kappa shape index (κ3) is 2.51. The van der Waals surface area contributed by atoms with Crippen LogP contribution in [0.25, 0.3) is 0 Å². The van der Waals surface area contributed by atoms with Gasteiger partial charge in [0.1, 0.15) is 5.82 Å². The van der Waals surface area contributed by atoms with Crippen LogP contribution in [0.2, 0.25) is 0 Å². The second-order valence-corrected chi connectivity index (χ2v) is 4.19. The van der Waals surface area contributed by atoms with E-state index in [0.717, 1.165) is 11.5 Å². The van der Waals surface area contributed by atoms with Crippen molar-refractivity contribution >= 4 is 0 Å². The van der Waals surface area contributed by atoms with E-state index in [2.05, 4.69) is 23.8 Å². The number of hydrogen-bond acceptors (Lipinski definition) is 3. The topological polar surface area (TPSA) is 51.8 Å². The molecule has 0 amide bonds. The normalized spacial score (nSPS) is 15.6. The third-order valence-electron chi connectivity index (χ3n) is 2.40. The molecule has 2 N–H and O–H groups in total. The molecule has 0 aliphatic heterocycles. The van der Waals surface area contributed by atoms with Crippen molar-refractivity contribution in [2.45, 2.75) is 39.7 Å². The number of aryl methyl sites for hydroxylation is 1. The Bertz CT molecular complexity index is 286. The molecule has 0 radical (unpaired) electrons. The van der Waals surface area contributed by atoms with E-state index in [1.807, 2.05) is 19.9 Å². The van der Waals surface area contributed by atoms with Crippen LogP contribution in [0.4, 0.5) is 0 Å². The summed E-state index contributed by atoms with van der Waals surface area (Å²) < 4.78 is 0. The predicted molar refractivity (Wildman–Crippen MR) is 58.0 cm³/mol. The number of nitrogens with zero attached hydrogens (tertiary/aromatic N) is 2. The molecule has 0 aliphatic carbocycles. The van der Waals surface area contributed by atoms with E-state index in [4.69, 9.17) is 5.73 Å². The lowest BCUT2D eigenvalue weighted by Crippen LogP contribution is -2.30. The maximum Gasteiger partial charge on any atom is 0.133 e. The van der Waals surface area contributed by atoms with Crippen LogP contribution in [-0.2, 0) is 0 Å². The summed E-state index contributed by atoms with van der Waals surface area (Å²) in [4.78, 5) is 8.72. The summed E-state index contributed by atoms with van der Waals surface area (Å²) >= 11 is 0. The van der Waals surface area contributed by atoms with Crippen LogP contribution in [0.5, 0.6) is 0 Å². The van der Waals surface area contributed by atoms with Gasteiger partial charge in [0.25, 0.3) is 0 Å². The van der Waals surface area contributed by atoms with Crippen molar-refractivity contribution in [2.24, 2.45) is 11.7 Å². The fourth-order valence-corrected chi connectivity index (χ4v) is 1.77. The zero-order valence-corrected chi connectivity index (χ0v) is 9.36. The molecular formula is C11H19N3. The fraction of sp³-hybridized carbons (Fsp3) is 0.636. The molecule has 1 heterocycles. The largest absolute Gasteiger partial charge is 0.327 e. The zero-order chi connectivity index (χ0) is 10.7. The summed E-state index contributed by atoms with van der Waals surface area (Å²) in [6.45, 7) is 8.29. The molecule has 1 aromatic rings. The summed E-state index contributed by atoms with van der Waals surface area (Å²) in [5.41, 5.74) is 6.94. The molecule has 3 nitrogen and oxygen atoms in total. The van der Waals surface area contributed by atoms with Gasteiger partial charge < -0.3 is 5.73 Å². The minimum atomic E-state index is 0.0943. The first-order valence-corrected chi connectivity index (χ1v) is 5.07. The molecular weight excluding hydrogens is 174 g/mol. The molecule has 2 unspecified atom stereocenters. The second-order valence-electron chi connectivity index (χ2n) is 4.19. The first-order valence-electron chi connectivity index (χ1n) is 5.07. The number of aromatic nitrogens is 2. The SMILES string of the molecule is Cc1ccnc(C(C(C)C)C(C)N)n1. The van der Waals surface area contributed by atoms with Crippen LogP contribution in [0.15, 0.2) is 12.3 Å². The average molecular weight is 193 g/mol. The van der Waals surface area contributed by atoms with Gasteiger partial charge in [0.15, 0.2) is 0 Å². The lowest BCUT2D eigenvalue weighted by Gasteiger charge is -2.23. The standard InChI is InChI=1S/C11H19N3/c1-7(2)10(9(4)12)11-13-6-5-8(3)14-11/h5-7,9-10H,12H2,1-4H3. The number of hydrogen-bond donors (Lipinski definition) is 1. The van der Waals surface area contributed by atoms with E-state index in [-0.39, 0.29) is 12.0 Å². The van der Waals surface area contributed by atoms with Crippen LogP contribution < -0.4 is 5.73 Å². The Balaban J connectivity index is 2.99. The summed E-state index contributed by atoms with van der Waals surface area (Å²) in [6, 6.07) is 2.00. The van der Waals surface area contributed by atoms with Gasteiger partial charge in [-0.1, -0.05) is 13.8 Å². The Morgan fingerprint density at radius 3 is 2.36 bits per heavy atom. The third-order valence-corrected chi connectivity index (χ3v) is 2.40. The summed E-state index contributed by atoms with van der Waals surface area (Å²) in [5, 5.41) is 0. The van der Waals surface area contributed by atoms with Gasteiger partial charge in [-0.25, -0.2) is 9.97 Å². The van der Waals surface area contributed by atoms with Gasteiger partial charge in [-0.15, -0.1) is 0 Å². The minimum absolute atomic E-state index is 0.0943. The van der Waals surface area contributed by atoms with Crippen LogP contribution in [0, 0.1) is 12.8 Å². The molecule has 0 spiro atoms. The molecule has 0 aromatic carbocycles. The minimum Gasteiger partial charge on any atom is -0.327 e. The van der Waals surface area contributed by atoms with Crippen molar-refractivity contribution in [3.8, 4) is 0 Å². The lowest BCUT2D eigenvalue weighted by molar-refractivity contribution is 0.416. The molecule has 2 atom stereocenters. The van der Waals surface area contributed by atoms with Gasteiger partial charge in [0.2, 0.25) is 0 Å².